The van der Waals surface area contributed by atoms with Crippen LogP contribution in [0.3, 0.4) is 0 Å². The second-order valence-electron chi connectivity index (χ2n) is 4.22. The molecule has 2 nitrogen and oxygen atoms in total. The zero-order valence-corrected chi connectivity index (χ0v) is 11.4. The van der Waals surface area contributed by atoms with Crippen molar-refractivity contribution in [3.63, 3.8) is 0 Å². The third kappa shape index (κ3) is 3.82. The molecule has 16 heavy (non-hydrogen) atoms. The maximum Gasteiger partial charge on any atom is 0.0624 e. The van der Waals surface area contributed by atoms with Crippen molar-refractivity contribution in [2.24, 2.45) is 0 Å². The average molecular weight is 243 g/mol. The fourth-order valence-electron chi connectivity index (χ4n) is 1.92. The van der Waals surface area contributed by atoms with Crippen molar-refractivity contribution in [3.05, 3.63) is 17.5 Å². The molecule has 1 rings (SSSR count). The lowest BCUT2D eigenvalue weighted by molar-refractivity contribution is 0.589. The van der Waals surface area contributed by atoms with Gasteiger partial charge in [0.2, 0.25) is 0 Å². The Hall–Kier alpha value is -0.500. The van der Waals surface area contributed by atoms with Crippen LogP contribution in [0, 0.1) is 0 Å². The second-order valence-corrected chi connectivity index (χ2v) is 4.84. The molecule has 0 N–H and O–H groups in total. The molecule has 92 valence electrons. The van der Waals surface area contributed by atoms with Crippen molar-refractivity contribution in [1.82, 2.24) is 9.78 Å². The minimum absolute atomic E-state index is 0.315. The highest BCUT2D eigenvalue weighted by atomic mass is 35.5. The van der Waals surface area contributed by atoms with E-state index in [4.69, 9.17) is 11.6 Å². The Morgan fingerprint density at radius 1 is 1.31 bits per heavy atom. The quantitative estimate of drug-likeness (QED) is 0.665. The van der Waals surface area contributed by atoms with E-state index in [-0.39, 0.29) is 0 Å². The van der Waals surface area contributed by atoms with Crippen molar-refractivity contribution in [2.45, 2.75) is 64.8 Å². The van der Waals surface area contributed by atoms with Gasteiger partial charge in [-0.1, -0.05) is 20.3 Å². The molecule has 1 aromatic rings. The van der Waals surface area contributed by atoms with Crippen LogP contribution in [0.15, 0.2) is 6.07 Å². The van der Waals surface area contributed by atoms with Gasteiger partial charge in [-0.25, -0.2) is 0 Å². The highest BCUT2D eigenvalue weighted by molar-refractivity contribution is 6.20. The predicted molar refractivity (Wildman–Crippen MR) is 70.1 cm³/mol. The third-order valence-electron chi connectivity index (χ3n) is 2.89. The van der Waals surface area contributed by atoms with Gasteiger partial charge in [0.15, 0.2) is 0 Å². The lowest BCUT2D eigenvalue weighted by Gasteiger charge is -2.08. The summed E-state index contributed by atoms with van der Waals surface area (Å²) in [4.78, 5) is 0. The Labute approximate surface area is 104 Å². The SMILES string of the molecule is CCCC(Cl)CCc1cc(CC)nn1CC. The first-order valence-corrected chi connectivity index (χ1v) is 6.84. The molecule has 0 amide bonds. The molecule has 0 aliphatic carbocycles. The van der Waals surface area contributed by atoms with Crippen LogP contribution in [0.25, 0.3) is 0 Å². The van der Waals surface area contributed by atoms with Crippen LogP contribution in [-0.2, 0) is 19.4 Å². The summed E-state index contributed by atoms with van der Waals surface area (Å²) in [6.45, 7) is 7.42. The summed E-state index contributed by atoms with van der Waals surface area (Å²) in [7, 11) is 0. The summed E-state index contributed by atoms with van der Waals surface area (Å²) < 4.78 is 2.11. The molecule has 0 aliphatic heterocycles. The van der Waals surface area contributed by atoms with E-state index in [1.807, 2.05) is 0 Å². The highest BCUT2D eigenvalue weighted by Gasteiger charge is 2.08. The van der Waals surface area contributed by atoms with E-state index in [9.17, 15) is 0 Å². The van der Waals surface area contributed by atoms with E-state index < -0.39 is 0 Å². The van der Waals surface area contributed by atoms with Crippen LogP contribution in [0.5, 0.6) is 0 Å². The summed E-state index contributed by atoms with van der Waals surface area (Å²) in [6, 6.07) is 2.22. The van der Waals surface area contributed by atoms with Crippen LogP contribution >= 0.6 is 11.6 Å². The van der Waals surface area contributed by atoms with Crippen LogP contribution in [0.1, 0.15) is 51.4 Å². The first-order valence-electron chi connectivity index (χ1n) is 6.40. The highest BCUT2D eigenvalue weighted by Crippen LogP contribution is 2.15. The topological polar surface area (TPSA) is 17.8 Å². The number of aryl methyl sites for hydroxylation is 3. The van der Waals surface area contributed by atoms with Crippen LogP contribution in [0.4, 0.5) is 0 Å². The van der Waals surface area contributed by atoms with Crippen LogP contribution in [0.2, 0.25) is 0 Å². The Kier molecular flexibility index (Phi) is 5.89. The number of hydrogen-bond acceptors (Lipinski definition) is 1. The minimum Gasteiger partial charge on any atom is -0.270 e. The number of halogens is 1. The predicted octanol–water partition coefficient (Wildman–Crippen LogP) is 3.81. The van der Waals surface area contributed by atoms with Crippen LogP contribution in [-0.4, -0.2) is 15.2 Å². The van der Waals surface area contributed by atoms with Gasteiger partial charge in [-0.3, -0.25) is 4.68 Å². The minimum atomic E-state index is 0.315. The van der Waals surface area contributed by atoms with E-state index in [1.165, 1.54) is 17.8 Å². The summed E-state index contributed by atoms with van der Waals surface area (Å²) in [5.41, 5.74) is 2.53. The monoisotopic (exact) mass is 242 g/mol. The van der Waals surface area contributed by atoms with Gasteiger partial charge >= 0.3 is 0 Å². The standard InChI is InChI=1S/C13H23ClN2/c1-4-7-11(14)8-9-13-10-12(5-2)15-16(13)6-3/h10-11H,4-9H2,1-3H3. The molecule has 1 unspecified atom stereocenters. The van der Waals surface area contributed by atoms with E-state index >= 15 is 0 Å². The molecule has 1 heterocycles. The van der Waals surface area contributed by atoms with E-state index in [0.717, 1.165) is 32.2 Å². The normalized spacial score (nSPS) is 13.0. The zero-order chi connectivity index (χ0) is 12.0. The van der Waals surface area contributed by atoms with Gasteiger partial charge in [0.25, 0.3) is 0 Å². The van der Waals surface area contributed by atoms with Crippen molar-refractivity contribution in [3.8, 4) is 0 Å². The Morgan fingerprint density at radius 2 is 2.06 bits per heavy atom. The van der Waals surface area contributed by atoms with E-state index in [2.05, 4.69) is 36.6 Å². The molecule has 0 fully saturated rings. The fourth-order valence-corrected chi connectivity index (χ4v) is 2.25. The average Bonchev–Trinajstić information content (AvgIpc) is 2.69. The first kappa shape index (κ1) is 13.6. The lowest BCUT2D eigenvalue weighted by Crippen LogP contribution is -2.06. The molecular weight excluding hydrogens is 220 g/mol. The maximum atomic E-state index is 6.24. The molecule has 0 spiro atoms. The van der Waals surface area contributed by atoms with E-state index in [0.29, 0.717) is 5.38 Å². The summed E-state index contributed by atoms with van der Waals surface area (Å²) in [6.07, 6.45) is 5.41. The third-order valence-corrected chi connectivity index (χ3v) is 3.33. The van der Waals surface area contributed by atoms with Gasteiger partial charge in [-0.05, 0) is 38.7 Å². The smallest absolute Gasteiger partial charge is 0.0624 e. The molecule has 0 bridgehead atoms. The molecule has 1 atom stereocenters. The van der Waals surface area contributed by atoms with Crippen molar-refractivity contribution in [1.29, 1.82) is 0 Å². The van der Waals surface area contributed by atoms with Gasteiger partial charge < -0.3 is 0 Å². The molecular formula is C13H23ClN2. The van der Waals surface area contributed by atoms with Gasteiger partial charge in [0.1, 0.15) is 0 Å². The molecule has 1 aromatic heterocycles. The first-order chi connectivity index (χ1) is 7.71. The summed E-state index contributed by atoms with van der Waals surface area (Å²) >= 11 is 6.24. The lowest BCUT2D eigenvalue weighted by atomic mass is 10.1. The number of hydrogen-bond donors (Lipinski definition) is 0. The van der Waals surface area contributed by atoms with Crippen molar-refractivity contribution in [2.75, 3.05) is 0 Å². The molecule has 0 radical (unpaired) electrons. The Morgan fingerprint density at radius 3 is 2.62 bits per heavy atom. The fraction of sp³-hybridized carbons (Fsp3) is 0.769. The van der Waals surface area contributed by atoms with Gasteiger partial charge in [0.05, 0.1) is 5.69 Å². The number of alkyl halides is 1. The summed E-state index contributed by atoms with van der Waals surface area (Å²) in [5.74, 6) is 0. The van der Waals surface area contributed by atoms with Crippen LogP contribution < -0.4 is 0 Å². The molecule has 0 saturated carbocycles. The Bertz CT molecular complexity index is 307. The summed E-state index contributed by atoms with van der Waals surface area (Å²) in [5, 5.41) is 4.86. The number of aromatic nitrogens is 2. The van der Waals surface area contributed by atoms with Crippen molar-refractivity contribution >= 4 is 11.6 Å². The largest absolute Gasteiger partial charge is 0.270 e. The maximum absolute atomic E-state index is 6.24. The number of rotatable bonds is 7. The second kappa shape index (κ2) is 6.95. The zero-order valence-electron chi connectivity index (χ0n) is 10.7. The van der Waals surface area contributed by atoms with E-state index in [1.54, 1.807) is 0 Å². The van der Waals surface area contributed by atoms with Crippen molar-refractivity contribution < 1.29 is 0 Å². The number of nitrogens with zero attached hydrogens (tertiary/aromatic N) is 2. The van der Waals surface area contributed by atoms with Gasteiger partial charge in [-0.15, -0.1) is 11.6 Å². The molecule has 3 heteroatoms. The van der Waals surface area contributed by atoms with Gasteiger partial charge in [0, 0.05) is 17.6 Å². The Balaban J connectivity index is 2.54. The van der Waals surface area contributed by atoms with Gasteiger partial charge in [-0.2, -0.15) is 5.10 Å². The molecule has 0 saturated heterocycles. The molecule has 0 aliphatic rings. The molecule has 0 aromatic carbocycles.